The lowest BCUT2D eigenvalue weighted by atomic mass is 10.1. The molecule has 0 spiro atoms. The molecule has 3 heteroatoms. The van der Waals surface area contributed by atoms with E-state index in [1.807, 2.05) is 12.1 Å². The molecule has 1 fully saturated rings. The predicted molar refractivity (Wildman–Crippen MR) is 63.0 cm³/mol. The smallest absolute Gasteiger partial charge is 0.139 e. The number of rotatable bonds is 2. The van der Waals surface area contributed by atoms with Gasteiger partial charge >= 0.3 is 0 Å². The molecule has 1 saturated carbocycles. The fourth-order valence-corrected chi connectivity index (χ4v) is 2.22. The monoisotopic (exact) mass is 216 g/mol. The number of ether oxygens (including phenoxy) is 1. The fourth-order valence-electron chi connectivity index (χ4n) is 2.22. The van der Waals surface area contributed by atoms with Crippen LogP contribution in [0, 0.1) is 17.2 Å². The van der Waals surface area contributed by atoms with Gasteiger partial charge in [-0.2, -0.15) is 5.26 Å². The van der Waals surface area contributed by atoms with Crippen LogP contribution in [0.3, 0.4) is 0 Å². The van der Waals surface area contributed by atoms with E-state index >= 15 is 0 Å². The molecular formula is C13H16N2O. The molecule has 0 aromatic heterocycles. The van der Waals surface area contributed by atoms with E-state index in [9.17, 15) is 0 Å². The summed E-state index contributed by atoms with van der Waals surface area (Å²) < 4.78 is 5.89. The van der Waals surface area contributed by atoms with Gasteiger partial charge in [0.15, 0.2) is 0 Å². The number of nitrogens with two attached hydrogens (primary N) is 1. The van der Waals surface area contributed by atoms with E-state index in [2.05, 4.69) is 13.0 Å². The third-order valence-electron chi connectivity index (χ3n) is 3.23. The van der Waals surface area contributed by atoms with Gasteiger partial charge < -0.3 is 10.5 Å². The highest BCUT2D eigenvalue weighted by molar-refractivity contribution is 5.60. The Morgan fingerprint density at radius 3 is 2.88 bits per heavy atom. The molecule has 0 radical (unpaired) electrons. The van der Waals surface area contributed by atoms with Crippen molar-refractivity contribution >= 4 is 5.69 Å². The number of hydrogen-bond donors (Lipinski definition) is 1. The van der Waals surface area contributed by atoms with E-state index in [4.69, 9.17) is 15.7 Å². The first-order chi connectivity index (χ1) is 7.72. The van der Waals surface area contributed by atoms with Crippen LogP contribution in [-0.2, 0) is 0 Å². The maximum atomic E-state index is 9.03. The van der Waals surface area contributed by atoms with Gasteiger partial charge in [-0.25, -0.2) is 0 Å². The molecule has 1 aliphatic carbocycles. The van der Waals surface area contributed by atoms with Crippen LogP contribution in [0.4, 0.5) is 5.69 Å². The maximum absolute atomic E-state index is 9.03. The van der Waals surface area contributed by atoms with Gasteiger partial charge in [0.1, 0.15) is 23.5 Å². The largest absolute Gasteiger partial charge is 0.489 e. The standard InChI is InChI=1S/C13H16N2O/c1-9-4-2-6-12(9)16-13-7-3-5-11(15)10(13)8-14/h3,5,7,9,12H,2,4,6,15H2,1H3/t9-,12-/m1/s1. The lowest BCUT2D eigenvalue weighted by Crippen LogP contribution is -2.19. The second-order valence-corrected chi connectivity index (χ2v) is 4.40. The minimum atomic E-state index is 0.230. The molecule has 1 aromatic carbocycles. The highest BCUT2D eigenvalue weighted by atomic mass is 16.5. The van der Waals surface area contributed by atoms with Crippen molar-refractivity contribution in [2.24, 2.45) is 5.92 Å². The summed E-state index contributed by atoms with van der Waals surface area (Å²) in [6.07, 6.45) is 3.71. The van der Waals surface area contributed by atoms with E-state index < -0.39 is 0 Å². The third kappa shape index (κ3) is 1.96. The zero-order chi connectivity index (χ0) is 11.5. The number of nitrogens with zero attached hydrogens (tertiary/aromatic N) is 1. The summed E-state index contributed by atoms with van der Waals surface area (Å²) in [5, 5.41) is 9.03. The minimum Gasteiger partial charge on any atom is -0.489 e. The summed E-state index contributed by atoms with van der Waals surface area (Å²) in [4.78, 5) is 0. The van der Waals surface area contributed by atoms with Gasteiger partial charge in [-0.15, -0.1) is 0 Å². The van der Waals surface area contributed by atoms with E-state index in [0.717, 1.165) is 6.42 Å². The van der Waals surface area contributed by atoms with Crippen LogP contribution in [0.5, 0.6) is 5.75 Å². The van der Waals surface area contributed by atoms with Gasteiger partial charge in [0.05, 0.1) is 5.69 Å². The molecule has 2 rings (SSSR count). The first-order valence-electron chi connectivity index (χ1n) is 5.67. The van der Waals surface area contributed by atoms with Crippen LogP contribution in [0.1, 0.15) is 31.7 Å². The number of anilines is 1. The first-order valence-corrected chi connectivity index (χ1v) is 5.67. The van der Waals surface area contributed by atoms with Crippen molar-refractivity contribution in [3.05, 3.63) is 23.8 Å². The second kappa shape index (κ2) is 4.44. The van der Waals surface area contributed by atoms with E-state index in [1.165, 1.54) is 12.8 Å². The third-order valence-corrected chi connectivity index (χ3v) is 3.23. The van der Waals surface area contributed by atoms with Crippen molar-refractivity contribution in [1.29, 1.82) is 5.26 Å². The SMILES string of the molecule is C[C@@H]1CCC[C@H]1Oc1cccc(N)c1C#N. The Bertz CT molecular complexity index is 422. The number of benzene rings is 1. The lowest BCUT2D eigenvalue weighted by molar-refractivity contribution is 0.167. The van der Waals surface area contributed by atoms with Crippen molar-refractivity contribution in [3.8, 4) is 11.8 Å². The minimum absolute atomic E-state index is 0.230. The molecule has 0 aliphatic heterocycles. The van der Waals surface area contributed by atoms with Crippen LogP contribution >= 0.6 is 0 Å². The molecule has 2 N–H and O–H groups in total. The Morgan fingerprint density at radius 2 is 2.25 bits per heavy atom. The molecule has 0 amide bonds. The fraction of sp³-hybridized carbons (Fsp3) is 0.462. The zero-order valence-corrected chi connectivity index (χ0v) is 9.44. The van der Waals surface area contributed by atoms with Gasteiger partial charge in [0.25, 0.3) is 0 Å². The van der Waals surface area contributed by atoms with E-state index in [1.54, 1.807) is 6.07 Å². The number of nitrogen functional groups attached to an aromatic ring is 1. The van der Waals surface area contributed by atoms with Crippen LogP contribution in [-0.4, -0.2) is 6.10 Å². The molecule has 16 heavy (non-hydrogen) atoms. The van der Waals surface area contributed by atoms with Crippen LogP contribution in [0.15, 0.2) is 18.2 Å². The molecule has 3 nitrogen and oxygen atoms in total. The van der Waals surface area contributed by atoms with Gasteiger partial charge in [-0.3, -0.25) is 0 Å². The Hall–Kier alpha value is -1.69. The number of nitriles is 1. The van der Waals surface area contributed by atoms with Crippen molar-refractivity contribution in [1.82, 2.24) is 0 Å². The van der Waals surface area contributed by atoms with Crippen molar-refractivity contribution < 1.29 is 4.74 Å². The van der Waals surface area contributed by atoms with Crippen LogP contribution in [0.25, 0.3) is 0 Å². The maximum Gasteiger partial charge on any atom is 0.139 e. The molecule has 1 aromatic rings. The van der Waals surface area contributed by atoms with Gasteiger partial charge in [-0.1, -0.05) is 13.0 Å². The van der Waals surface area contributed by atoms with Gasteiger partial charge in [0, 0.05) is 0 Å². The molecule has 84 valence electrons. The first kappa shape index (κ1) is 10.8. The second-order valence-electron chi connectivity index (χ2n) is 4.40. The summed E-state index contributed by atoms with van der Waals surface area (Å²) in [6, 6.07) is 7.47. The Labute approximate surface area is 95.8 Å². The van der Waals surface area contributed by atoms with Gasteiger partial charge in [0.2, 0.25) is 0 Å². The zero-order valence-electron chi connectivity index (χ0n) is 9.44. The van der Waals surface area contributed by atoms with Crippen LogP contribution in [0.2, 0.25) is 0 Å². The van der Waals surface area contributed by atoms with Gasteiger partial charge in [-0.05, 0) is 37.3 Å². The Balaban J connectivity index is 2.21. The predicted octanol–water partition coefficient (Wildman–Crippen LogP) is 2.71. The molecule has 0 unspecified atom stereocenters. The topological polar surface area (TPSA) is 59.0 Å². The van der Waals surface area contributed by atoms with E-state index in [-0.39, 0.29) is 6.10 Å². The number of hydrogen-bond acceptors (Lipinski definition) is 3. The molecule has 0 bridgehead atoms. The Morgan fingerprint density at radius 1 is 1.44 bits per heavy atom. The normalized spacial score (nSPS) is 24.0. The summed E-state index contributed by atoms with van der Waals surface area (Å²) >= 11 is 0. The molecule has 2 atom stereocenters. The summed E-state index contributed by atoms with van der Waals surface area (Å²) in [5.74, 6) is 1.19. The van der Waals surface area contributed by atoms with E-state index in [0.29, 0.717) is 22.9 Å². The van der Waals surface area contributed by atoms with Crippen molar-refractivity contribution in [2.75, 3.05) is 5.73 Å². The summed E-state index contributed by atoms with van der Waals surface area (Å²) in [5.41, 5.74) is 6.69. The van der Waals surface area contributed by atoms with Crippen molar-refractivity contribution in [2.45, 2.75) is 32.3 Å². The molecule has 0 heterocycles. The highest BCUT2D eigenvalue weighted by Gasteiger charge is 2.25. The molecule has 1 aliphatic rings. The lowest BCUT2D eigenvalue weighted by Gasteiger charge is -2.19. The summed E-state index contributed by atoms with van der Waals surface area (Å²) in [7, 11) is 0. The average molecular weight is 216 g/mol. The highest BCUT2D eigenvalue weighted by Crippen LogP contribution is 2.32. The van der Waals surface area contributed by atoms with Crippen molar-refractivity contribution in [3.63, 3.8) is 0 Å². The quantitative estimate of drug-likeness (QED) is 0.773. The van der Waals surface area contributed by atoms with Crippen LogP contribution < -0.4 is 10.5 Å². The molecule has 0 saturated heterocycles. The summed E-state index contributed by atoms with van der Waals surface area (Å²) in [6.45, 7) is 2.19. The Kier molecular flexibility index (Phi) is 3.00. The average Bonchev–Trinajstić information content (AvgIpc) is 2.65. The molecular weight excluding hydrogens is 200 g/mol.